The Hall–Kier alpha value is -0.505. The second-order valence-electron chi connectivity index (χ2n) is 3.96. The Morgan fingerprint density at radius 2 is 2.14 bits per heavy atom. The molecule has 80 valence electrons. The van der Waals surface area contributed by atoms with Gasteiger partial charge in [-0.05, 0) is 6.42 Å². The first-order valence-electron chi connectivity index (χ1n) is 5.45. The van der Waals surface area contributed by atoms with E-state index in [1.807, 2.05) is 14.8 Å². The number of ether oxygens (including phenoxy) is 2. The molecule has 0 aromatic carbocycles. The Balaban J connectivity index is 2.59. The average molecular weight is 198 g/mol. The minimum Gasteiger partial charge on any atom is -0.459 e. The molecule has 0 amide bonds. The number of esters is 1. The van der Waals surface area contributed by atoms with Crippen LogP contribution in [0, 0.1) is 5.92 Å². The van der Waals surface area contributed by atoms with Crippen LogP contribution < -0.4 is 0 Å². The average Bonchev–Trinajstić information content (AvgIpc) is 2.45. The highest BCUT2D eigenvalue weighted by atomic mass is 16.6. The molecular weight excluding hydrogens is 179 g/mol. The highest BCUT2D eigenvalue weighted by Gasteiger charge is 2.40. The summed E-state index contributed by atoms with van der Waals surface area (Å²) in [6.07, 6.45) is 1.36. The zero-order valence-electron chi connectivity index (χ0n) is 9.45. The molecule has 1 fully saturated rings. The third-order valence-electron chi connectivity index (χ3n) is 2.97. The zero-order chi connectivity index (χ0) is 10.7. The van der Waals surface area contributed by atoms with Gasteiger partial charge in [0.25, 0.3) is 0 Å². The summed E-state index contributed by atoms with van der Waals surface area (Å²) in [4.78, 5) is 11.2. The molecule has 0 bridgehead atoms. The SMILES string of the molecule is BC1OC(CC)C(OC(=O)CC)C1C. The van der Waals surface area contributed by atoms with Gasteiger partial charge in [-0.1, -0.05) is 20.8 Å². The van der Waals surface area contributed by atoms with Crippen molar-refractivity contribution in [1.29, 1.82) is 0 Å². The molecule has 14 heavy (non-hydrogen) atoms. The quantitative estimate of drug-likeness (QED) is 0.495. The van der Waals surface area contributed by atoms with Gasteiger partial charge in [-0.3, -0.25) is 4.79 Å². The molecule has 1 aliphatic heterocycles. The first kappa shape index (κ1) is 11.6. The maximum atomic E-state index is 11.2. The number of carbonyl (C=O) groups excluding carboxylic acids is 1. The monoisotopic (exact) mass is 198 g/mol. The highest BCUT2D eigenvalue weighted by Crippen LogP contribution is 2.29. The van der Waals surface area contributed by atoms with Crippen molar-refractivity contribution in [1.82, 2.24) is 0 Å². The molecule has 1 heterocycles. The molecule has 4 heteroatoms. The van der Waals surface area contributed by atoms with E-state index >= 15 is 0 Å². The van der Waals surface area contributed by atoms with E-state index in [2.05, 4.69) is 13.8 Å². The third-order valence-corrected chi connectivity index (χ3v) is 2.97. The predicted molar refractivity (Wildman–Crippen MR) is 56.8 cm³/mol. The molecule has 1 rings (SSSR count). The summed E-state index contributed by atoms with van der Waals surface area (Å²) in [6.45, 7) is 5.95. The van der Waals surface area contributed by atoms with Crippen LogP contribution in [0.3, 0.4) is 0 Å². The lowest BCUT2D eigenvalue weighted by Crippen LogP contribution is -2.31. The van der Waals surface area contributed by atoms with Gasteiger partial charge in [0.15, 0.2) is 0 Å². The summed E-state index contributed by atoms with van der Waals surface area (Å²) in [7, 11) is 2.03. The van der Waals surface area contributed by atoms with Crippen LogP contribution in [0.1, 0.15) is 33.6 Å². The second kappa shape index (κ2) is 4.83. The number of carbonyl (C=O) groups is 1. The van der Waals surface area contributed by atoms with Crippen molar-refractivity contribution in [3.05, 3.63) is 0 Å². The lowest BCUT2D eigenvalue weighted by molar-refractivity contribution is -0.152. The standard InChI is InChI=1S/C10H19BO3/c1-4-7-9(14-8(12)5-2)6(3)10(11)13-7/h6-7,9-10H,4-5,11H2,1-3H3. The lowest BCUT2D eigenvalue weighted by atomic mass is 9.86. The molecule has 1 aliphatic rings. The number of rotatable bonds is 3. The van der Waals surface area contributed by atoms with Gasteiger partial charge in [-0.15, -0.1) is 0 Å². The minimum absolute atomic E-state index is 0.0533. The molecular formula is C10H19BO3. The van der Waals surface area contributed by atoms with Crippen molar-refractivity contribution in [3.63, 3.8) is 0 Å². The minimum atomic E-state index is -0.127. The van der Waals surface area contributed by atoms with Gasteiger partial charge in [-0.2, -0.15) is 0 Å². The summed E-state index contributed by atoms with van der Waals surface area (Å²) in [5, 5.41) is 0. The summed E-state index contributed by atoms with van der Waals surface area (Å²) < 4.78 is 11.1. The van der Waals surface area contributed by atoms with Gasteiger partial charge >= 0.3 is 5.97 Å². The smallest absolute Gasteiger partial charge is 0.305 e. The van der Waals surface area contributed by atoms with E-state index < -0.39 is 0 Å². The third kappa shape index (κ3) is 2.29. The van der Waals surface area contributed by atoms with E-state index in [-0.39, 0.29) is 24.2 Å². The van der Waals surface area contributed by atoms with Gasteiger partial charge < -0.3 is 9.47 Å². The molecule has 0 aromatic rings. The van der Waals surface area contributed by atoms with Crippen LogP contribution in [0.4, 0.5) is 0 Å². The normalized spacial score (nSPS) is 37.1. The topological polar surface area (TPSA) is 35.5 Å². The number of hydrogen-bond donors (Lipinski definition) is 0. The molecule has 0 saturated carbocycles. The van der Waals surface area contributed by atoms with Gasteiger partial charge in [0.1, 0.15) is 14.0 Å². The maximum Gasteiger partial charge on any atom is 0.305 e. The molecule has 1 saturated heterocycles. The van der Waals surface area contributed by atoms with Crippen LogP contribution in [-0.4, -0.2) is 32.0 Å². The van der Waals surface area contributed by atoms with E-state index in [1.54, 1.807) is 0 Å². The highest BCUT2D eigenvalue weighted by molar-refractivity contribution is 6.11. The van der Waals surface area contributed by atoms with Crippen molar-refractivity contribution in [3.8, 4) is 0 Å². The molecule has 0 spiro atoms. The molecule has 0 aromatic heterocycles. The van der Waals surface area contributed by atoms with Crippen molar-refractivity contribution < 1.29 is 14.3 Å². The predicted octanol–water partition coefficient (Wildman–Crippen LogP) is 0.712. The fraction of sp³-hybridized carbons (Fsp3) is 0.900. The maximum absolute atomic E-state index is 11.2. The largest absolute Gasteiger partial charge is 0.459 e. The van der Waals surface area contributed by atoms with E-state index in [9.17, 15) is 4.79 Å². The summed E-state index contributed by atoms with van der Waals surface area (Å²) in [5.41, 5.74) is 0. The van der Waals surface area contributed by atoms with Crippen molar-refractivity contribution in [2.45, 2.75) is 51.8 Å². The van der Waals surface area contributed by atoms with Crippen molar-refractivity contribution in [2.24, 2.45) is 5.92 Å². The summed E-state index contributed by atoms with van der Waals surface area (Å²) >= 11 is 0. The molecule has 4 atom stereocenters. The van der Waals surface area contributed by atoms with Gasteiger partial charge in [-0.25, -0.2) is 0 Å². The fourth-order valence-corrected chi connectivity index (χ4v) is 1.83. The van der Waals surface area contributed by atoms with Crippen LogP contribution in [0.15, 0.2) is 0 Å². The van der Waals surface area contributed by atoms with Crippen LogP contribution in [0.25, 0.3) is 0 Å². The molecule has 3 nitrogen and oxygen atoms in total. The molecule has 0 radical (unpaired) electrons. The Labute approximate surface area is 86.6 Å². The van der Waals surface area contributed by atoms with Crippen molar-refractivity contribution in [2.75, 3.05) is 0 Å². The number of hydrogen-bond acceptors (Lipinski definition) is 3. The fourth-order valence-electron chi connectivity index (χ4n) is 1.83. The molecule has 0 aliphatic carbocycles. The Morgan fingerprint density at radius 1 is 1.50 bits per heavy atom. The van der Waals surface area contributed by atoms with Gasteiger partial charge in [0.2, 0.25) is 0 Å². The van der Waals surface area contributed by atoms with Crippen molar-refractivity contribution >= 4 is 13.8 Å². The zero-order valence-corrected chi connectivity index (χ0v) is 9.45. The summed E-state index contributed by atoms with van der Waals surface area (Å²) in [5.74, 6) is 0.174. The Morgan fingerprint density at radius 3 is 2.64 bits per heavy atom. The Kier molecular flexibility index (Phi) is 3.99. The van der Waals surface area contributed by atoms with Crippen LogP contribution >= 0.6 is 0 Å². The van der Waals surface area contributed by atoms with Crippen LogP contribution in [0.5, 0.6) is 0 Å². The first-order chi connectivity index (χ1) is 6.60. The van der Waals surface area contributed by atoms with E-state index in [1.165, 1.54) is 0 Å². The molecule has 0 N–H and O–H groups in total. The van der Waals surface area contributed by atoms with E-state index in [0.717, 1.165) is 6.42 Å². The van der Waals surface area contributed by atoms with E-state index in [4.69, 9.17) is 9.47 Å². The van der Waals surface area contributed by atoms with Crippen LogP contribution in [-0.2, 0) is 14.3 Å². The van der Waals surface area contributed by atoms with Gasteiger partial charge in [0, 0.05) is 18.3 Å². The lowest BCUT2D eigenvalue weighted by Gasteiger charge is -2.20. The summed E-state index contributed by atoms with van der Waals surface area (Å²) in [6, 6.07) is 0.189. The van der Waals surface area contributed by atoms with E-state index in [0.29, 0.717) is 12.3 Å². The first-order valence-corrected chi connectivity index (χ1v) is 5.45. The van der Waals surface area contributed by atoms with Crippen LogP contribution in [0.2, 0.25) is 0 Å². The molecule has 4 unspecified atom stereocenters. The second-order valence-corrected chi connectivity index (χ2v) is 3.96. The Bertz CT molecular complexity index is 208. The van der Waals surface area contributed by atoms with Gasteiger partial charge in [0.05, 0.1) is 6.10 Å².